The summed E-state index contributed by atoms with van der Waals surface area (Å²) in [6.45, 7) is 3.78. The molecule has 0 saturated heterocycles. The Hall–Kier alpha value is -2.41. The molecule has 0 aliphatic heterocycles. The Morgan fingerprint density at radius 1 is 1.20 bits per heavy atom. The summed E-state index contributed by atoms with van der Waals surface area (Å²) < 4.78 is 0. The monoisotopic (exact) mass is 349 g/mol. The molecule has 3 amide bonds. The number of amides is 3. The molecular weight excluding hydrogens is 322 g/mol. The number of hydrogen-bond donors (Lipinski definition) is 3. The van der Waals surface area contributed by atoms with Crippen molar-refractivity contribution in [2.75, 3.05) is 13.6 Å². The minimum absolute atomic E-state index is 0.112. The molecule has 0 fully saturated rings. The van der Waals surface area contributed by atoms with Crippen LogP contribution in [0.1, 0.15) is 25.8 Å². The molecule has 1 aromatic rings. The lowest BCUT2D eigenvalue weighted by atomic mass is 9.95. The van der Waals surface area contributed by atoms with Crippen LogP contribution >= 0.6 is 0 Å². The van der Waals surface area contributed by atoms with Gasteiger partial charge in [0.1, 0.15) is 6.04 Å². The molecule has 0 bridgehead atoms. The number of hydroxylamine groups is 2. The first-order chi connectivity index (χ1) is 11.9. The average Bonchev–Trinajstić information content (AvgIpc) is 2.60. The van der Waals surface area contributed by atoms with Crippen LogP contribution in [-0.2, 0) is 20.8 Å². The van der Waals surface area contributed by atoms with E-state index in [0.29, 0.717) is 17.9 Å². The second-order valence-corrected chi connectivity index (χ2v) is 6.42. The third-order valence-corrected chi connectivity index (χ3v) is 3.82. The second kappa shape index (κ2) is 10.5. The van der Waals surface area contributed by atoms with Gasteiger partial charge >= 0.3 is 0 Å². The molecule has 138 valence electrons. The normalized spacial score (nSPS) is 13.0. The van der Waals surface area contributed by atoms with Gasteiger partial charge in [-0.1, -0.05) is 44.2 Å². The molecule has 0 aliphatic carbocycles. The predicted molar refractivity (Wildman–Crippen MR) is 93.6 cm³/mol. The highest BCUT2D eigenvalue weighted by atomic mass is 16.5. The highest BCUT2D eigenvalue weighted by Gasteiger charge is 2.27. The summed E-state index contributed by atoms with van der Waals surface area (Å²) in [6.07, 6.45) is 1.11. The van der Waals surface area contributed by atoms with E-state index in [9.17, 15) is 19.6 Å². The van der Waals surface area contributed by atoms with E-state index in [1.807, 2.05) is 44.2 Å². The van der Waals surface area contributed by atoms with Crippen molar-refractivity contribution < 1.29 is 19.6 Å². The van der Waals surface area contributed by atoms with E-state index in [0.717, 1.165) is 5.56 Å². The Morgan fingerprint density at radius 2 is 1.84 bits per heavy atom. The summed E-state index contributed by atoms with van der Waals surface area (Å²) in [5, 5.41) is 15.2. The van der Waals surface area contributed by atoms with Gasteiger partial charge in [0.05, 0.1) is 12.5 Å². The molecule has 0 saturated carbocycles. The highest BCUT2D eigenvalue weighted by molar-refractivity contribution is 5.88. The first-order valence-corrected chi connectivity index (χ1v) is 8.34. The fraction of sp³-hybridized carbons (Fsp3) is 0.500. The Labute approximate surface area is 148 Å². The Bertz CT molecular complexity index is 563. The van der Waals surface area contributed by atoms with Crippen LogP contribution in [0.5, 0.6) is 0 Å². The standard InChI is InChI=1S/C18H27N3O4/c1-13(2)9-15(11-21(25)12-22)17(23)20-16(18(24)19-3)10-14-7-5-4-6-8-14/h4-8,12-13,15-16,25H,9-11H2,1-3H3,(H,19,24)(H,20,23)/t15-,16+/m1/s1. The van der Waals surface area contributed by atoms with E-state index in [2.05, 4.69) is 10.6 Å². The van der Waals surface area contributed by atoms with Gasteiger partial charge in [0, 0.05) is 13.5 Å². The van der Waals surface area contributed by atoms with E-state index in [1.54, 1.807) is 0 Å². The first kappa shape index (κ1) is 20.6. The van der Waals surface area contributed by atoms with Crippen molar-refractivity contribution in [1.82, 2.24) is 15.7 Å². The fourth-order valence-electron chi connectivity index (χ4n) is 2.63. The fourth-order valence-corrected chi connectivity index (χ4v) is 2.63. The summed E-state index contributed by atoms with van der Waals surface area (Å²) in [6, 6.07) is 8.66. The highest BCUT2D eigenvalue weighted by Crippen LogP contribution is 2.14. The van der Waals surface area contributed by atoms with E-state index >= 15 is 0 Å². The number of hydrogen-bond acceptors (Lipinski definition) is 4. The van der Waals surface area contributed by atoms with Crippen molar-refractivity contribution in [3.63, 3.8) is 0 Å². The van der Waals surface area contributed by atoms with Gasteiger partial charge in [0.25, 0.3) is 0 Å². The molecule has 1 aromatic carbocycles. The van der Waals surface area contributed by atoms with Gasteiger partial charge in [0.2, 0.25) is 18.2 Å². The first-order valence-electron chi connectivity index (χ1n) is 8.34. The van der Waals surface area contributed by atoms with Gasteiger partial charge in [-0.05, 0) is 17.9 Å². The smallest absolute Gasteiger partial charge is 0.242 e. The molecule has 3 N–H and O–H groups in total. The van der Waals surface area contributed by atoms with Gasteiger partial charge in [-0.3, -0.25) is 19.6 Å². The summed E-state index contributed by atoms with van der Waals surface area (Å²) in [4.78, 5) is 35.4. The maximum atomic E-state index is 12.6. The summed E-state index contributed by atoms with van der Waals surface area (Å²) in [5.74, 6) is -1.06. The summed E-state index contributed by atoms with van der Waals surface area (Å²) in [7, 11) is 1.51. The van der Waals surface area contributed by atoms with E-state index in [1.165, 1.54) is 7.05 Å². The van der Waals surface area contributed by atoms with Gasteiger partial charge in [-0.15, -0.1) is 0 Å². The number of nitrogens with zero attached hydrogens (tertiary/aromatic N) is 1. The number of likely N-dealkylation sites (N-methyl/N-ethyl adjacent to an activating group) is 1. The maximum Gasteiger partial charge on any atom is 0.242 e. The number of benzene rings is 1. The number of carbonyl (C=O) groups excluding carboxylic acids is 3. The summed E-state index contributed by atoms with van der Waals surface area (Å²) in [5.41, 5.74) is 0.925. The average molecular weight is 349 g/mol. The lowest BCUT2D eigenvalue weighted by Crippen LogP contribution is -2.50. The van der Waals surface area contributed by atoms with Crippen LogP contribution in [0.4, 0.5) is 0 Å². The molecule has 1 rings (SSSR count). The number of nitrogens with one attached hydrogen (secondary N) is 2. The lowest BCUT2D eigenvalue weighted by molar-refractivity contribution is -0.155. The zero-order valence-electron chi connectivity index (χ0n) is 14.9. The molecule has 25 heavy (non-hydrogen) atoms. The SMILES string of the molecule is CNC(=O)[C@H](Cc1ccccc1)NC(=O)[C@H](CC(C)C)CN(O)C=O. The largest absolute Gasteiger partial charge is 0.357 e. The molecule has 7 heteroatoms. The van der Waals surface area contributed by atoms with E-state index in [4.69, 9.17) is 0 Å². The van der Waals surface area contributed by atoms with E-state index in [-0.39, 0.29) is 30.7 Å². The Morgan fingerprint density at radius 3 is 2.36 bits per heavy atom. The number of carbonyl (C=O) groups is 3. The molecular formula is C18H27N3O4. The van der Waals surface area contributed by atoms with Gasteiger partial charge in [-0.2, -0.15) is 0 Å². The maximum absolute atomic E-state index is 12.6. The van der Waals surface area contributed by atoms with Crippen molar-refractivity contribution in [1.29, 1.82) is 0 Å². The van der Waals surface area contributed by atoms with Gasteiger partial charge < -0.3 is 10.6 Å². The quantitative estimate of drug-likeness (QED) is 0.333. The molecule has 7 nitrogen and oxygen atoms in total. The lowest BCUT2D eigenvalue weighted by Gasteiger charge is -2.24. The predicted octanol–water partition coefficient (Wildman–Crippen LogP) is 0.970. The topological polar surface area (TPSA) is 98.7 Å². The van der Waals surface area contributed by atoms with Crippen molar-refractivity contribution in [2.24, 2.45) is 11.8 Å². The molecule has 0 aromatic heterocycles. The molecule has 0 unspecified atom stereocenters. The Balaban J connectivity index is 2.85. The van der Waals surface area contributed by atoms with Gasteiger partial charge in [-0.25, -0.2) is 5.06 Å². The minimum atomic E-state index is -0.724. The molecule has 0 heterocycles. The van der Waals surface area contributed by atoms with Crippen molar-refractivity contribution in [2.45, 2.75) is 32.7 Å². The zero-order valence-corrected chi connectivity index (χ0v) is 14.9. The molecule has 0 aliphatic rings. The van der Waals surface area contributed by atoms with Crippen LogP contribution in [-0.4, -0.2) is 48.1 Å². The van der Waals surface area contributed by atoms with Crippen LogP contribution in [0, 0.1) is 11.8 Å². The number of rotatable bonds is 10. The van der Waals surface area contributed by atoms with Crippen LogP contribution in [0.2, 0.25) is 0 Å². The van der Waals surface area contributed by atoms with Crippen molar-refractivity contribution in [3.05, 3.63) is 35.9 Å². The second-order valence-electron chi connectivity index (χ2n) is 6.42. The zero-order chi connectivity index (χ0) is 18.8. The molecule has 2 atom stereocenters. The van der Waals surface area contributed by atoms with Crippen LogP contribution in [0.3, 0.4) is 0 Å². The molecule has 0 radical (unpaired) electrons. The molecule has 0 spiro atoms. The van der Waals surface area contributed by atoms with Crippen LogP contribution in [0.15, 0.2) is 30.3 Å². The van der Waals surface area contributed by atoms with Crippen LogP contribution in [0.25, 0.3) is 0 Å². The minimum Gasteiger partial charge on any atom is -0.357 e. The van der Waals surface area contributed by atoms with Crippen molar-refractivity contribution in [3.8, 4) is 0 Å². The third kappa shape index (κ3) is 7.34. The summed E-state index contributed by atoms with van der Waals surface area (Å²) >= 11 is 0. The Kier molecular flexibility index (Phi) is 8.63. The van der Waals surface area contributed by atoms with Crippen molar-refractivity contribution >= 4 is 18.2 Å². The van der Waals surface area contributed by atoms with E-state index < -0.39 is 12.0 Å². The third-order valence-electron chi connectivity index (χ3n) is 3.82. The van der Waals surface area contributed by atoms with Crippen LogP contribution < -0.4 is 10.6 Å². The van der Waals surface area contributed by atoms with Gasteiger partial charge in [0.15, 0.2) is 0 Å².